The molecule has 0 amide bonds. The highest BCUT2D eigenvalue weighted by atomic mass is 19.1. The molecule has 1 heterocycles. The van der Waals surface area contributed by atoms with Crippen molar-refractivity contribution in [2.75, 3.05) is 10.6 Å². The van der Waals surface area contributed by atoms with Gasteiger partial charge < -0.3 is 15.4 Å². The largest absolute Gasteiger partial charge is 0.491 e. The Morgan fingerprint density at radius 1 is 1.08 bits per heavy atom. The molecule has 0 aliphatic heterocycles. The summed E-state index contributed by atoms with van der Waals surface area (Å²) in [6, 6.07) is 14.1. The van der Waals surface area contributed by atoms with Gasteiger partial charge >= 0.3 is 0 Å². The maximum Gasteiger partial charge on any atom is 0.249 e. The molecule has 26 heavy (non-hydrogen) atoms. The third-order valence-corrected chi connectivity index (χ3v) is 3.46. The fraction of sp³-hybridized carbons (Fsp3) is 0.211. The molecule has 2 aromatic carbocycles. The zero-order valence-corrected chi connectivity index (χ0v) is 14.6. The Kier molecular flexibility index (Phi) is 5.58. The van der Waals surface area contributed by atoms with Gasteiger partial charge in [-0.05, 0) is 44.2 Å². The number of aromatic nitrogens is 3. The average molecular weight is 353 g/mol. The molecule has 0 aliphatic rings. The molecule has 6 nitrogen and oxygen atoms in total. The van der Waals surface area contributed by atoms with Gasteiger partial charge in [-0.15, -0.1) is 5.10 Å². The van der Waals surface area contributed by atoms with E-state index in [4.69, 9.17) is 4.74 Å². The van der Waals surface area contributed by atoms with E-state index in [1.165, 1.54) is 12.3 Å². The normalized spacial score (nSPS) is 10.6. The summed E-state index contributed by atoms with van der Waals surface area (Å²) in [6.07, 6.45) is 1.62. The first-order chi connectivity index (χ1) is 12.6. The van der Waals surface area contributed by atoms with Gasteiger partial charge in [0.25, 0.3) is 0 Å². The molecule has 0 unspecified atom stereocenters. The van der Waals surface area contributed by atoms with Crippen LogP contribution in [0.3, 0.4) is 0 Å². The first-order valence-electron chi connectivity index (χ1n) is 8.31. The topological polar surface area (TPSA) is 72.0 Å². The Morgan fingerprint density at radius 2 is 1.85 bits per heavy atom. The van der Waals surface area contributed by atoms with Gasteiger partial charge in [-0.1, -0.05) is 18.2 Å². The Labute approximate surface area is 151 Å². The standard InChI is InChI=1S/C19H20FN5O/c1-13(2)26-16-9-7-15(8-10-16)23-19-24-18(12-22-25-19)21-11-14-5-3-4-6-17(14)20/h3-10,12-13H,11H2,1-2H3,(H2,21,23,24,25). The molecule has 0 spiro atoms. The maximum absolute atomic E-state index is 13.7. The predicted molar refractivity (Wildman–Crippen MR) is 99.0 cm³/mol. The van der Waals surface area contributed by atoms with Crippen LogP contribution in [-0.4, -0.2) is 21.3 Å². The van der Waals surface area contributed by atoms with Gasteiger partial charge in [0, 0.05) is 17.8 Å². The molecule has 0 atom stereocenters. The van der Waals surface area contributed by atoms with Gasteiger partial charge in [-0.3, -0.25) is 0 Å². The lowest BCUT2D eigenvalue weighted by molar-refractivity contribution is 0.242. The van der Waals surface area contributed by atoms with E-state index in [0.29, 0.717) is 23.9 Å². The first kappa shape index (κ1) is 17.6. The lowest BCUT2D eigenvalue weighted by Gasteiger charge is -2.11. The Morgan fingerprint density at radius 3 is 2.58 bits per heavy atom. The third-order valence-electron chi connectivity index (χ3n) is 3.46. The quantitative estimate of drug-likeness (QED) is 0.665. The van der Waals surface area contributed by atoms with Gasteiger partial charge in [0.2, 0.25) is 5.95 Å². The molecular formula is C19H20FN5O. The molecule has 0 aliphatic carbocycles. The van der Waals surface area contributed by atoms with E-state index < -0.39 is 0 Å². The molecule has 1 aromatic heterocycles. The van der Waals surface area contributed by atoms with E-state index in [-0.39, 0.29) is 11.9 Å². The summed E-state index contributed by atoms with van der Waals surface area (Å²) in [5.41, 5.74) is 1.37. The predicted octanol–water partition coefficient (Wildman–Crippen LogP) is 4.15. The van der Waals surface area contributed by atoms with E-state index in [1.54, 1.807) is 18.2 Å². The highest BCUT2D eigenvalue weighted by Crippen LogP contribution is 2.19. The number of anilines is 3. The van der Waals surface area contributed by atoms with Crippen LogP contribution in [0, 0.1) is 5.82 Å². The minimum absolute atomic E-state index is 0.124. The van der Waals surface area contributed by atoms with Gasteiger partial charge in [0.15, 0.2) is 5.82 Å². The molecule has 2 N–H and O–H groups in total. The number of hydrogen-bond acceptors (Lipinski definition) is 6. The van der Waals surface area contributed by atoms with Crippen molar-refractivity contribution in [3.63, 3.8) is 0 Å². The second-order valence-corrected chi connectivity index (χ2v) is 5.93. The van der Waals surface area contributed by atoms with Crippen LogP contribution in [0.2, 0.25) is 0 Å². The Bertz CT molecular complexity index is 855. The van der Waals surface area contributed by atoms with Crippen molar-refractivity contribution >= 4 is 17.5 Å². The van der Waals surface area contributed by atoms with Crippen LogP contribution < -0.4 is 15.4 Å². The van der Waals surface area contributed by atoms with Crippen molar-refractivity contribution in [3.05, 3.63) is 66.1 Å². The van der Waals surface area contributed by atoms with Gasteiger partial charge in [0.05, 0.1) is 12.3 Å². The van der Waals surface area contributed by atoms with Crippen LogP contribution in [0.1, 0.15) is 19.4 Å². The number of nitrogens with one attached hydrogen (secondary N) is 2. The lowest BCUT2D eigenvalue weighted by atomic mass is 10.2. The van der Waals surface area contributed by atoms with E-state index in [1.807, 2.05) is 38.1 Å². The van der Waals surface area contributed by atoms with Crippen LogP contribution in [0.4, 0.5) is 21.8 Å². The summed E-state index contributed by atoms with van der Waals surface area (Å²) in [4.78, 5) is 4.33. The second kappa shape index (κ2) is 8.24. The molecule has 3 rings (SSSR count). The molecule has 134 valence electrons. The fourth-order valence-electron chi connectivity index (χ4n) is 2.29. The molecular weight excluding hydrogens is 333 g/mol. The van der Waals surface area contributed by atoms with E-state index >= 15 is 0 Å². The monoisotopic (exact) mass is 353 g/mol. The van der Waals surface area contributed by atoms with Crippen LogP contribution >= 0.6 is 0 Å². The number of halogens is 1. The van der Waals surface area contributed by atoms with Crippen LogP contribution in [-0.2, 0) is 6.54 Å². The summed E-state index contributed by atoms with van der Waals surface area (Å²) in [7, 11) is 0. The van der Waals surface area contributed by atoms with E-state index in [2.05, 4.69) is 25.8 Å². The van der Waals surface area contributed by atoms with E-state index in [0.717, 1.165) is 11.4 Å². The summed E-state index contributed by atoms with van der Waals surface area (Å²) >= 11 is 0. The van der Waals surface area contributed by atoms with Gasteiger partial charge in [-0.2, -0.15) is 10.1 Å². The summed E-state index contributed by atoms with van der Waals surface area (Å²) in [5, 5.41) is 14.0. The number of benzene rings is 2. The van der Waals surface area contributed by atoms with Crippen molar-refractivity contribution < 1.29 is 9.13 Å². The van der Waals surface area contributed by atoms with Crippen LogP contribution in [0.15, 0.2) is 54.7 Å². The SMILES string of the molecule is CC(C)Oc1ccc(Nc2nncc(NCc3ccccc3F)n2)cc1. The lowest BCUT2D eigenvalue weighted by Crippen LogP contribution is -2.07. The minimum atomic E-state index is -0.260. The third kappa shape index (κ3) is 4.89. The smallest absolute Gasteiger partial charge is 0.249 e. The van der Waals surface area contributed by atoms with Crippen LogP contribution in [0.5, 0.6) is 5.75 Å². The maximum atomic E-state index is 13.7. The molecule has 0 bridgehead atoms. The molecule has 0 saturated heterocycles. The molecule has 0 saturated carbocycles. The number of hydrogen-bond donors (Lipinski definition) is 2. The van der Waals surface area contributed by atoms with Crippen molar-refractivity contribution in [1.29, 1.82) is 0 Å². The fourth-order valence-corrected chi connectivity index (χ4v) is 2.29. The van der Waals surface area contributed by atoms with Crippen molar-refractivity contribution in [3.8, 4) is 5.75 Å². The molecule has 3 aromatic rings. The summed E-state index contributed by atoms with van der Waals surface area (Å²) in [6.45, 7) is 4.27. The zero-order valence-electron chi connectivity index (χ0n) is 14.6. The van der Waals surface area contributed by atoms with E-state index in [9.17, 15) is 4.39 Å². The Hall–Kier alpha value is -3.22. The number of nitrogens with zero attached hydrogens (tertiary/aromatic N) is 3. The van der Waals surface area contributed by atoms with Crippen LogP contribution in [0.25, 0.3) is 0 Å². The number of ether oxygens (including phenoxy) is 1. The van der Waals surface area contributed by atoms with Crippen molar-refractivity contribution in [1.82, 2.24) is 15.2 Å². The summed E-state index contributed by atoms with van der Waals surface area (Å²) in [5.74, 6) is 1.39. The van der Waals surface area contributed by atoms with Gasteiger partial charge in [0.1, 0.15) is 11.6 Å². The number of rotatable bonds is 7. The highest BCUT2D eigenvalue weighted by molar-refractivity contribution is 5.55. The highest BCUT2D eigenvalue weighted by Gasteiger charge is 2.04. The zero-order chi connectivity index (χ0) is 18.4. The molecule has 0 fully saturated rings. The second-order valence-electron chi connectivity index (χ2n) is 5.93. The van der Waals surface area contributed by atoms with Crippen molar-refractivity contribution in [2.24, 2.45) is 0 Å². The summed E-state index contributed by atoms with van der Waals surface area (Å²) < 4.78 is 19.3. The van der Waals surface area contributed by atoms with Gasteiger partial charge in [-0.25, -0.2) is 4.39 Å². The Balaban J connectivity index is 1.63. The first-order valence-corrected chi connectivity index (χ1v) is 8.31. The average Bonchev–Trinajstić information content (AvgIpc) is 2.63. The molecule has 0 radical (unpaired) electrons. The van der Waals surface area contributed by atoms with Crippen molar-refractivity contribution in [2.45, 2.75) is 26.5 Å². The minimum Gasteiger partial charge on any atom is -0.491 e. The molecule has 7 heteroatoms.